The summed E-state index contributed by atoms with van der Waals surface area (Å²) in [5.74, 6) is -0.558. The van der Waals surface area contributed by atoms with Crippen molar-refractivity contribution in [3.63, 3.8) is 0 Å². The lowest BCUT2D eigenvalue weighted by Gasteiger charge is -2.19. The number of nitrogens with one attached hydrogen (secondary N) is 1. The average Bonchev–Trinajstić information content (AvgIpc) is 2.96. The Morgan fingerprint density at radius 2 is 1.73 bits per heavy atom. The predicted molar refractivity (Wildman–Crippen MR) is 90.6 cm³/mol. The molecule has 0 aliphatic rings. The first-order valence-corrected chi connectivity index (χ1v) is 7.90. The lowest BCUT2D eigenvalue weighted by molar-refractivity contribution is -0.142. The van der Waals surface area contributed by atoms with Crippen molar-refractivity contribution >= 4 is 11.6 Å². The average molecular weight is 362 g/mol. The maximum Gasteiger partial charge on any atom is 0.433 e. The summed E-state index contributed by atoms with van der Waals surface area (Å²) in [5, 5.41) is 6.50. The van der Waals surface area contributed by atoms with Crippen molar-refractivity contribution in [1.82, 2.24) is 19.9 Å². The molecule has 0 fully saturated rings. The number of fused-ring (bicyclic) bond motifs is 1. The SMILES string of the molecule is CC(C)(C)NC(=O)c1cc2nc(-c3ccccc3)cc(C(F)(F)F)n2n1. The fourth-order valence-electron chi connectivity index (χ4n) is 2.45. The van der Waals surface area contributed by atoms with E-state index in [1.165, 1.54) is 6.07 Å². The molecule has 136 valence electrons. The molecule has 0 bridgehead atoms. The zero-order chi connectivity index (χ0) is 19.1. The van der Waals surface area contributed by atoms with Crippen LogP contribution in [0.4, 0.5) is 13.2 Å². The van der Waals surface area contributed by atoms with Crippen LogP contribution in [-0.2, 0) is 6.18 Å². The Balaban J connectivity index is 2.16. The van der Waals surface area contributed by atoms with E-state index in [-0.39, 0.29) is 17.0 Å². The van der Waals surface area contributed by atoms with Gasteiger partial charge in [0.15, 0.2) is 17.0 Å². The first kappa shape index (κ1) is 17.9. The van der Waals surface area contributed by atoms with Crippen molar-refractivity contribution in [3.8, 4) is 11.3 Å². The van der Waals surface area contributed by atoms with Gasteiger partial charge in [-0.15, -0.1) is 0 Å². The molecule has 0 atom stereocenters. The second kappa shape index (κ2) is 6.12. The van der Waals surface area contributed by atoms with Crippen LogP contribution in [-0.4, -0.2) is 26.0 Å². The van der Waals surface area contributed by atoms with E-state index in [0.717, 1.165) is 6.07 Å². The maximum absolute atomic E-state index is 13.5. The number of carbonyl (C=O) groups excluding carboxylic acids is 1. The highest BCUT2D eigenvalue weighted by Crippen LogP contribution is 2.32. The highest BCUT2D eigenvalue weighted by molar-refractivity contribution is 5.93. The van der Waals surface area contributed by atoms with Crippen molar-refractivity contribution in [1.29, 1.82) is 0 Å². The summed E-state index contributed by atoms with van der Waals surface area (Å²) in [5.41, 5.74) is -0.991. The van der Waals surface area contributed by atoms with Gasteiger partial charge in [-0.2, -0.15) is 18.3 Å². The van der Waals surface area contributed by atoms with Gasteiger partial charge in [-0.1, -0.05) is 30.3 Å². The molecule has 5 nitrogen and oxygen atoms in total. The van der Waals surface area contributed by atoms with Crippen molar-refractivity contribution < 1.29 is 18.0 Å². The van der Waals surface area contributed by atoms with Crippen molar-refractivity contribution in [2.24, 2.45) is 0 Å². The van der Waals surface area contributed by atoms with Gasteiger partial charge in [0.05, 0.1) is 5.69 Å². The first-order chi connectivity index (χ1) is 12.0. The summed E-state index contributed by atoms with van der Waals surface area (Å²) in [6.07, 6.45) is -4.64. The normalized spacial score (nSPS) is 12.4. The van der Waals surface area contributed by atoms with Gasteiger partial charge in [0.1, 0.15) is 0 Å². The van der Waals surface area contributed by atoms with Gasteiger partial charge in [0, 0.05) is 17.2 Å². The molecule has 1 amide bonds. The van der Waals surface area contributed by atoms with Gasteiger partial charge in [-0.05, 0) is 26.8 Å². The Kier molecular flexibility index (Phi) is 4.21. The molecule has 2 aromatic heterocycles. The third kappa shape index (κ3) is 3.68. The number of hydrogen-bond acceptors (Lipinski definition) is 3. The van der Waals surface area contributed by atoms with Crippen LogP contribution in [0.2, 0.25) is 0 Å². The van der Waals surface area contributed by atoms with E-state index in [0.29, 0.717) is 10.1 Å². The number of amides is 1. The molecule has 1 N–H and O–H groups in total. The van der Waals surface area contributed by atoms with Crippen molar-refractivity contribution in [2.75, 3.05) is 0 Å². The van der Waals surface area contributed by atoms with Gasteiger partial charge < -0.3 is 5.32 Å². The number of halogens is 3. The molecular weight excluding hydrogens is 345 g/mol. The highest BCUT2D eigenvalue weighted by atomic mass is 19.4. The van der Waals surface area contributed by atoms with E-state index in [1.54, 1.807) is 51.1 Å². The van der Waals surface area contributed by atoms with Gasteiger partial charge in [-0.3, -0.25) is 4.79 Å². The minimum Gasteiger partial charge on any atom is -0.346 e. The lowest BCUT2D eigenvalue weighted by atomic mass is 10.1. The Bertz CT molecular complexity index is 956. The monoisotopic (exact) mass is 362 g/mol. The molecule has 0 saturated carbocycles. The van der Waals surface area contributed by atoms with E-state index in [2.05, 4.69) is 15.4 Å². The third-order valence-electron chi connectivity index (χ3n) is 3.51. The summed E-state index contributed by atoms with van der Waals surface area (Å²) < 4.78 is 41.2. The van der Waals surface area contributed by atoms with Crippen molar-refractivity contribution in [3.05, 3.63) is 53.9 Å². The molecule has 2 heterocycles. The van der Waals surface area contributed by atoms with E-state index < -0.39 is 23.3 Å². The summed E-state index contributed by atoms with van der Waals surface area (Å²) in [4.78, 5) is 16.5. The Hall–Kier alpha value is -2.90. The topological polar surface area (TPSA) is 59.3 Å². The Morgan fingerprint density at radius 3 is 2.31 bits per heavy atom. The van der Waals surface area contributed by atoms with Gasteiger partial charge in [0.2, 0.25) is 0 Å². The van der Waals surface area contributed by atoms with Gasteiger partial charge >= 0.3 is 6.18 Å². The fraction of sp³-hybridized carbons (Fsp3) is 0.278. The molecule has 0 aliphatic carbocycles. The van der Waals surface area contributed by atoms with Gasteiger partial charge in [0.25, 0.3) is 5.91 Å². The summed E-state index contributed by atoms with van der Waals surface area (Å²) in [6.45, 7) is 5.31. The van der Waals surface area contributed by atoms with Crippen LogP contribution in [0.15, 0.2) is 42.5 Å². The lowest BCUT2D eigenvalue weighted by Crippen LogP contribution is -2.40. The molecular formula is C18H17F3N4O. The molecule has 0 spiro atoms. The summed E-state index contributed by atoms with van der Waals surface area (Å²) >= 11 is 0. The number of nitrogens with zero attached hydrogens (tertiary/aromatic N) is 3. The van der Waals surface area contributed by atoms with Crippen LogP contribution in [0.1, 0.15) is 37.0 Å². The van der Waals surface area contributed by atoms with Crippen LogP contribution in [0.5, 0.6) is 0 Å². The van der Waals surface area contributed by atoms with Crippen LogP contribution >= 0.6 is 0 Å². The number of benzene rings is 1. The smallest absolute Gasteiger partial charge is 0.346 e. The van der Waals surface area contributed by atoms with E-state index in [4.69, 9.17) is 0 Å². The van der Waals surface area contributed by atoms with E-state index in [1.807, 2.05) is 0 Å². The highest BCUT2D eigenvalue weighted by Gasteiger charge is 2.35. The Labute approximate surface area is 147 Å². The van der Waals surface area contributed by atoms with Crippen LogP contribution in [0.3, 0.4) is 0 Å². The molecule has 26 heavy (non-hydrogen) atoms. The molecule has 0 radical (unpaired) electrons. The standard InChI is InChI=1S/C18H17F3N4O/c1-17(2,3)23-16(26)13-10-15-22-12(11-7-5-4-6-8-11)9-14(18(19,20)21)25(15)24-13/h4-10H,1-3H3,(H,23,26). The second-order valence-electron chi connectivity index (χ2n) is 6.89. The molecule has 3 rings (SSSR count). The Morgan fingerprint density at radius 1 is 1.08 bits per heavy atom. The number of carbonyl (C=O) groups is 1. The summed E-state index contributed by atoms with van der Waals surface area (Å²) in [7, 11) is 0. The van der Waals surface area contributed by atoms with Crippen molar-refractivity contribution in [2.45, 2.75) is 32.5 Å². The first-order valence-electron chi connectivity index (χ1n) is 7.90. The summed E-state index contributed by atoms with van der Waals surface area (Å²) in [6, 6.07) is 10.7. The number of aromatic nitrogens is 3. The van der Waals surface area contributed by atoms with E-state index in [9.17, 15) is 18.0 Å². The molecule has 8 heteroatoms. The molecule has 1 aromatic carbocycles. The minimum atomic E-state index is -4.64. The largest absolute Gasteiger partial charge is 0.433 e. The molecule has 0 aliphatic heterocycles. The number of hydrogen-bond donors (Lipinski definition) is 1. The quantitative estimate of drug-likeness (QED) is 0.751. The maximum atomic E-state index is 13.5. The minimum absolute atomic E-state index is 0.0438. The molecule has 0 saturated heterocycles. The third-order valence-corrected chi connectivity index (χ3v) is 3.51. The van der Waals surface area contributed by atoms with Crippen LogP contribution in [0, 0.1) is 0 Å². The van der Waals surface area contributed by atoms with Crippen LogP contribution < -0.4 is 5.32 Å². The van der Waals surface area contributed by atoms with Gasteiger partial charge in [-0.25, -0.2) is 9.50 Å². The zero-order valence-corrected chi connectivity index (χ0v) is 14.4. The zero-order valence-electron chi connectivity index (χ0n) is 14.4. The molecule has 0 unspecified atom stereocenters. The van der Waals surface area contributed by atoms with Crippen LogP contribution in [0.25, 0.3) is 16.9 Å². The fourth-order valence-corrected chi connectivity index (χ4v) is 2.45. The second-order valence-corrected chi connectivity index (χ2v) is 6.89. The van der Waals surface area contributed by atoms with E-state index >= 15 is 0 Å². The molecule has 3 aromatic rings. The number of rotatable bonds is 2. The predicted octanol–water partition coefficient (Wildman–Crippen LogP) is 3.94. The number of alkyl halides is 3.